The first kappa shape index (κ1) is 18.1. The van der Waals surface area contributed by atoms with Gasteiger partial charge < -0.3 is 11.1 Å². The van der Waals surface area contributed by atoms with E-state index >= 15 is 0 Å². The molecule has 1 fully saturated rings. The molecular weight excluding hydrogens is 356 g/mol. The number of thioether (sulfide) groups is 1. The number of nitrogens with one attached hydrogen (secondary N) is 1. The number of fused-ring (bicyclic) bond motifs is 1. The van der Waals surface area contributed by atoms with E-state index in [1.807, 2.05) is 36.4 Å². The van der Waals surface area contributed by atoms with Crippen LogP contribution in [0.15, 0.2) is 41.3 Å². The standard InChI is InChI=1S/C19H21ClN2O2S/c20-14-8-4-6-13-7-5-9-15(17(13)14)25-12-16(23)22-19(18(21)24)10-2-1-3-11-19/h4-9H,1-3,10-12H2,(H2,21,24)(H,22,23). The Morgan fingerprint density at radius 3 is 2.48 bits per heavy atom. The Labute approximate surface area is 156 Å². The molecule has 132 valence electrons. The zero-order chi connectivity index (χ0) is 17.9. The highest BCUT2D eigenvalue weighted by Crippen LogP contribution is 2.33. The van der Waals surface area contributed by atoms with Crippen LogP contribution in [0.3, 0.4) is 0 Å². The molecule has 1 aliphatic rings. The largest absolute Gasteiger partial charge is 0.368 e. The fraction of sp³-hybridized carbons (Fsp3) is 0.368. The molecule has 2 aromatic carbocycles. The van der Waals surface area contributed by atoms with Crippen molar-refractivity contribution in [3.05, 3.63) is 41.4 Å². The summed E-state index contributed by atoms with van der Waals surface area (Å²) in [5.74, 6) is -0.382. The zero-order valence-corrected chi connectivity index (χ0v) is 15.5. The van der Waals surface area contributed by atoms with Crippen molar-refractivity contribution in [1.29, 1.82) is 0 Å². The fourth-order valence-corrected chi connectivity index (χ4v) is 4.66. The monoisotopic (exact) mass is 376 g/mol. The molecule has 3 rings (SSSR count). The van der Waals surface area contributed by atoms with E-state index in [1.165, 1.54) is 11.8 Å². The maximum Gasteiger partial charge on any atom is 0.243 e. The lowest BCUT2D eigenvalue weighted by molar-refractivity contribution is -0.131. The van der Waals surface area contributed by atoms with Gasteiger partial charge in [-0.25, -0.2) is 0 Å². The van der Waals surface area contributed by atoms with E-state index in [2.05, 4.69) is 5.32 Å². The Kier molecular flexibility index (Phi) is 5.54. The molecule has 3 N–H and O–H groups in total. The van der Waals surface area contributed by atoms with Gasteiger partial charge in [0.25, 0.3) is 0 Å². The topological polar surface area (TPSA) is 72.2 Å². The van der Waals surface area contributed by atoms with Crippen LogP contribution in [0, 0.1) is 0 Å². The number of carbonyl (C=O) groups excluding carboxylic acids is 2. The average molecular weight is 377 g/mol. The molecule has 0 bridgehead atoms. The Hall–Kier alpha value is -1.72. The molecule has 1 aliphatic carbocycles. The lowest BCUT2D eigenvalue weighted by Gasteiger charge is -2.35. The second-order valence-electron chi connectivity index (χ2n) is 6.44. The first-order valence-corrected chi connectivity index (χ1v) is 9.79. The van der Waals surface area contributed by atoms with Gasteiger partial charge in [-0.05, 0) is 30.4 Å². The summed E-state index contributed by atoms with van der Waals surface area (Å²) in [4.78, 5) is 25.3. The summed E-state index contributed by atoms with van der Waals surface area (Å²) in [6, 6.07) is 11.6. The van der Waals surface area contributed by atoms with Gasteiger partial charge in [0.15, 0.2) is 0 Å². The van der Waals surface area contributed by atoms with E-state index in [9.17, 15) is 9.59 Å². The van der Waals surface area contributed by atoms with Gasteiger partial charge in [-0.1, -0.05) is 55.1 Å². The van der Waals surface area contributed by atoms with Crippen molar-refractivity contribution in [2.75, 3.05) is 5.75 Å². The van der Waals surface area contributed by atoms with Crippen LogP contribution in [0.5, 0.6) is 0 Å². The molecule has 0 saturated heterocycles. The summed E-state index contributed by atoms with van der Waals surface area (Å²) in [5, 5.41) is 5.56. The molecule has 0 radical (unpaired) electrons. The molecule has 0 spiro atoms. The van der Waals surface area contributed by atoms with Crippen LogP contribution < -0.4 is 11.1 Å². The van der Waals surface area contributed by atoms with Crippen LogP contribution in [0.4, 0.5) is 0 Å². The number of benzene rings is 2. The number of rotatable bonds is 5. The Morgan fingerprint density at radius 1 is 1.12 bits per heavy atom. The molecule has 0 unspecified atom stereocenters. The summed E-state index contributed by atoms with van der Waals surface area (Å²) in [6.45, 7) is 0. The molecular formula is C19H21ClN2O2S. The fourth-order valence-electron chi connectivity index (χ4n) is 3.42. The molecule has 0 aromatic heterocycles. The van der Waals surface area contributed by atoms with E-state index < -0.39 is 11.4 Å². The Bertz CT molecular complexity index is 798. The highest BCUT2D eigenvalue weighted by Gasteiger charge is 2.39. The molecule has 0 aliphatic heterocycles. The SMILES string of the molecule is NC(=O)C1(NC(=O)CSc2cccc3cccc(Cl)c23)CCCCC1. The van der Waals surface area contributed by atoms with E-state index in [1.54, 1.807) is 0 Å². The second-order valence-corrected chi connectivity index (χ2v) is 7.86. The summed E-state index contributed by atoms with van der Waals surface area (Å²) in [5.41, 5.74) is 4.69. The first-order chi connectivity index (χ1) is 12.0. The van der Waals surface area contributed by atoms with Crippen LogP contribution in [-0.2, 0) is 9.59 Å². The molecule has 2 aromatic rings. The minimum absolute atomic E-state index is 0.172. The third-order valence-corrected chi connectivity index (χ3v) is 6.10. The smallest absolute Gasteiger partial charge is 0.243 e. The average Bonchev–Trinajstić information content (AvgIpc) is 2.61. The Balaban J connectivity index is 1.71. The molecule has 25 heavy (non-hydrogen) atoms. The second kappa shape index (κ2) is 7.67. The summed E-state index contributed by atoms with van der Waals surface area (Å²) < 4.78 is 0. The van der Waals surface area contributed by atoms with Gasteiger partial charge in [-0.15, -0.1) is 11.8 Å². The van der Waals surface area contributed by atoms with Crippen molar-refractivity contribution in [2.45, 2.75) is 42.5 Å². The summed E-state index contributed by atoms with van der Waals surface area (Å²) in [6.07, 6.45) is 4.15. The van der Waals surface area contributed by atoms with Crippen molar-refractivity contribution >= 4 is 45.9 Å². The van der Waals surface area contributed by atoms with Gasteiger partial charge in [0, 0.05) is 15.3 Å². The predicted octanol–water partition coefficient (Wildman–Crippen LogP) is 3.89. The van der Waals surface area contributed by atoms with Gasteiger partial charge in [0.1, 0.15) is 5.54 Å². The third kappa shape index (κ3) is 3.93. The van der Waals surface area contributed by atoms with Crippen LogP contribution >= 0.6 is 23.4 Å². The summed E-state index contributed by atoms with van der Waals surface area (Å²) in [7, 11) is 0. The van der Waals surface area contributed by atoms with Gasteiger partial charge >= 0.3 is 0 Å². The number of carbonyl (C=O) groups is 2. The maximum atomic E-state index is 12.4. The quantitative estimate of drug-likeness (QED) is 0.777. The van der Waals surface area contributed by atoms with E-state index in [0.717, 1.165) is 34.9 Å². The number of hydrogen-bond donors (Lipinski definition) is 2. The predicted molar refractivity (Wildman–Crippen MR) is 103 cm³/mol. The Morgan fingerprint density at radius 2 is 1.80 bits per heavy atom. The van der Waals surface area contributed by atoms with Crippen LogP contribution in [0.25, 0.3) is 10.8 Å². The number of amides is 2. The van der Waals surface area contributed by atoms with Crippen LogP contribution in [0.1, 0.15) is 32.1 Å². The van der Waals surface area contributed by atoms with Crippen LogP contribution in [-0.4, -0.2) is 23.1 Å². The molecule has 0 atom stereocenters. The lowest BCUT2D eigenvalue weighted by Crippen LogP contribution is -2.58. The van der Waals surface area contributed by atoms with E-state index in [-0.39, 0.29) is 11.7 Å². The van der Waals surface area contributed by atoms with Gasteiger partial charge in [-0.3, -0.25) is 9.59 Å². The van der Waals surface area contributed by atoms with E-state index in [0.29, 0.717) is 17.9 Å². The number of nitrogens with two attached hydrogens (primary N) is 1. The van der Waals surface area contributed by atoms with E-state index in [4.69, 9.17) is 17.3 Å². The molecule has 2 amide bonds. The number of hydrogen-bond acceptors (Lipinski definition) is 3. The highest BCUT2D eigenvalue weighted by molar-refractivity contribution is 8.00. The number of primary amides is 1. The maximum absolute atomic E-state index is 12.4. The van der Waals surface area contributed by atoms with Crippen molar-refractivity contribution in [1.82, 2.24) is 5.32 Å². The van der Waals surface area contributed by atoms with Crippen molar-refractivity contribution < 1.29 is 9.59 Å². The normalized spacial score (nSPS) is 16.5. The zero-order valence-electron chi connectivity index (χ0n) is 13.9. The van der Waals surface area contributed by atoms with Crippen molar-refractivity contribution in [2.24, 2.45) is 5.73 Å². The molecule has 0 heterocycles. The van der Waals surface area contributed by atoms with Crippen molar-refractivity contribution in [3.63, 3.8) is 0 Å². The first-order valence-electron chi connectivity index (χ1n) is 8.43. The van der Waals surface area contributed by atoms with Gasteiger partial charge in [-0.2, -0.15) is 0 Å². The van der Waals surface area contributed by atoms with Gasteiger partial charge in [0.05, 0.1) is 5.75 Å². The summed E-state index contributed by atoms with van der Waals surface area (Å²) >= 11 is 7.74. The van der Waals surface area contributed by atoms with Crippen molar-refractivity contribution in [3.8, 4) is 0 Å². The van der Waals surface area contributed by atoms with Crippen LogP contribution in [0.2, 0.25) is 5.02 Å². The minimum atomic E-state index is -0.883. The lowest BCUT2D eigenvalue weighted by atomic mass is 9.81. The number of halogens is 1. The minimum Gasteiger partial charge on any atom is -0.368 e. The molecule has 6 heteroatoms. The highest BCUT2D eigenvalue weighted by atomic mass is 35.5. The third-order valence-electron chi connectivity index (χ3n) is 4.73. The van der Waals surface area contributed by atoms with Gasteiger partial charge in [0.2, 0.25) is 11.8 Å². The molecule has 1 saturated carbocycles. The molecule has 4 nitrogen and oxygen atoms in total.